The molecule has 0 aromatic heterocycles. The van der Waals surface area contributed by atoms with Crippen molar-refractivity contribution in [3.05, 3.63) is 48.0 Å². The number of rotatable bonds is 6. The number of methoxy groups -OCH3 is 1. The molecule has 1 rings (SSSR count). The van der Waals surface area contributed by atoms with Crippen LogP contribution >= 0.6 is 0 Å². The van der Waals surface area contributed by atoms with E-state index in [1.54, 1.807) is 6.08 Å². The molecule has 1 aromatic carbocycles. The van der Waals surface area contributed by atoms with Crippen LogP contribution in [0.3, 0.4) is 0 Å². The number of esters is 1. The van der Waals surface area contributed by atoms with Crippen molar-refractivity contribution in [1.29, 1.82) is 0 Å². The predicted molar refractivity (Wildman–Crippen MR) is 70.2 cm³/mol. The first-order valence-corrected chi connectivity index (χ1v) is 5.93. The molecule has 2 atom stereocenters. The van der Waals surface area contributed by atoms with Crippen LogP contribution < -0.4 is 0 Å². The Bertz CT molecular complexity index is 409. The molecule has 18 heavy (non-hydrogen) atoms. The minimum Gasteiger partial charge on any atom is -0.466 e. The van der Waals surface area contributed by atoms with Crippen molar-refractivity contribution < 1.29 is 14.3 Å². The molecule has 0 fully saturated rings. The Labute approximate surface area is 107 Å². The Balaban J connectivity index is 2.92. The van der Waals surface area contributed by atoms with E-state index in [0.717, 1.165) is 11.8 Å². The maximum atomic E-state index is 11.1. The molecule has 96 valence electrons. The molecule has 0 saturated heterocycles. The molecule has 0 N–H and O–H groups in total. The highest BCUT2D eigenvalue weighted by atomic mass is 16.5. The van der Waals surface area contributed by atoms with Gasteiger partial charge in [-0.1, -0.05) is 43.3 Å². The molecule has 0 heterocycles. The van der Waals surface area contributed by atoms with E-state index in [2.05, 4.69) is 4.74 Å². The normalized spacial score (nSPS) is 14.1. The molecule has 3 heteroatoms. The molecule has 0 radical (unpaired) electrons. The lowest BCUT2D eigenvalue weighted by molar-refractivity contribution is -0.134. The Morgan fingerprint density at radius 1 is 1.33 bits per heavy atom. The van der Waals surface area contributed by atoms with E-state index in [-0.39, 0.29) is 17.8 Å². The van der Waals surface area contributed by atoms with Gasteiger partial charge in [-0.2, -0.15) is 0 Å². The number of hydrogen-bond donors (Lipinski definition) is 0. The van der Waals surface area contributed by atoms with Crippen molar-refractivity contribution in [1.82, 2.24) is 0 Å². The summed E-state index contributed by atoms with van der Waals surface area (Å²) in [6.45, 7) is 1.99. The van der Waals surface area contributed by atoms with Gasteiger partial charge in [0.15, 0.2) is 0 Å². The van der Waals surface area contributed by atoms with Crippen molar-refractivity contribution in [3.8, 4) is 0 Å². The van der Waals surface area contributed by atoms with Gasteiger partial charge in [0.25, 0.3) is 0 Å². The zero-order valence-corrected chi connectivity index (χ0v) is 10.7. The van der Waals surface area contributed by atoms with Crippen LogP contribution in [0, 0.1) is 5.92 Å². The molecule has 0 aliphatic rings. The van der Waals surface area contributed by atoms with Gasteiger partial charge in [-0.05, 0) is 11.5 Å². The zero-order valence-electron chi connectivity index (χ0n) is 10.7. The van der Waals surface area contributed by atoms with Gasteiger partial charge in [-0.25, -0.2) is 4.79 Å². The van der Waals surface area contributed by atoms with Gasteiger partial charge in [-0.3, -0.25) is 0 Å². The van der Waals surface area contributed by atoms with Gasteiger partial charge < -0.3 is 9.53 Å². The molecule has 0 aliphatic heterocycles. The molecule has 0 saturated carbocycles. The Morgan fingerprint density at radius 2 is 2.00 bits per heavy atom. The Morgan fingerprint density at radius 3 is 2.56 bits per heavy atom. The lowest BCUT2D eigenvalue weighted by Crippen LogP contribution is -2.09. The third-order valence-corrected chi connectivity index (χ3v) is 2.91. The van der Waals surface area contributed by atoms with Crippen LogP contribution in [-0.4, -0.2) is 19.4 Å². The number of ether oxygens (including phenoxy) is 1. The average Bonchev–Trinajstić information content (AvgIpc) is 2.40. The second-order valence-corrected chi connectivity index (χ2v) is 4.20. The Hall–Kier alpha value is -1.90. The number of aldehydes is 1. The summed E-state index contributed by atoms with van der Waals surface area (Å²) in [7, 11) is 1.35. The maximum Gasteiger partial charge on any atom is 0.330 e. The molecular weight excluding hydrogens is 228 g/mol. The lowest BCUT2D eigenvalue weighted by atomic mass is 9.85. The summed E-state index contributed by atoms with van der Waals surface area (Å²) in [6, 6.07) is 9.82. The van der Waals surface area contributed by atoms with Gasteiger partial charge in [0, 0.05) is 18.4 Å². The highest BCUT2D eigenvalue weighted by Gasteiger charge is 2.16. The first-order valence-electron chi connectivity index (χ1n) is 5.93. The predicted octanol–water partition coefficient (Wildman–Crippen LogP) is 2.72. The molecule has 3 nitrogen and oxygen atoms in total. The van der Waals surface area contributed by atoms with E-state index < -0.39 is 0 Å². The number of hydrogen-bond acceptors (Lipinski definition) is 3. The second kappa shape index (κ2) is 7.43. The molecule has 1 aromatic rings. The van der Waals surface area contributed by atoms with E-state index in [1.807, 2.05) is 37.3 Å². The topological polar surface area (TPSA) is 43.4 Å². The number of carbonyl (C=O) groups is 2. The van der Waals surface area contributed by atoms with Crippen LogP contribution in [-0.2, 0) is 14.3 Å². The minimum absolute atomic E-state index is 0.0375. The fraction of sp³-hybridized carbons (Fsp3) is 0.333. The SMILES string of the molecule is COC(=O)C=C[C@@H](c1ccccc1)[C@H](C)CC=O. The van der Waals surface area contributed by atoms with E-state index in [1.165, 1.54) is 13.2 Å². The minimum atomic E-state index is -0.380. The van der Waals surface area contributed by atoms with E-state index >= 15 is 0 Å². The quantitative estimate of drug-likeness (QED) is 0.440. The highest BCUT2D eigenvalue weighted by molar-refractivity contribution is 5.81. The standard InChI is InChI=1S/C15H18O3/c1-12(10-11-16)14(8-9-15(17)18-2)13-6-4-3-5-7-13/h3-9,11-12,14H,10H2,1-2H3/t12-,14-/m1/s1. The summed E-state index contributed by atoms with van der Waals surface area (Å²) < 4.78 is 4.58. The van der Waals surface area contributed by atoms with Crippen LogP contribution in [0.5, 0.6) is 0 Å². The Kier molecular flexibility index (Phi) is 5.85. The van der Waals surface area contributed by atoms with Gasteiger partial charge in [0.1, 0.15) is 6.29 Å². The molecular formula is C15H18O3. The van der Waals surface area contributed by atoms with E-state index in [0.29, 0.717) is 6.42 Å². The average molecular weight is 246 g/mol. The van der Waals surface area contributed by atoms with Crippen molar-refractivity contribution in [2.75, 3.05) is 7.11 Å². The molecule has 0 aliphatic carbocycles. The summed E-state index contributed by atoms with van der Waals surface area (Å²) in [4.78, 5) is 21.8. The van der Waals surface area contributed by atoms with Crippen LogP contribution in [0.4, 0.5) is 0 Å². The van der Waals surface area contributed by atoms with Gasteiger partial charge in [0.05, 0.1) is 7.11 Å². The summed E-state index contributed by atoms with van der Waals surface area (Å²) in [5.74, 6) is -0.199. The van der Waals surface area contributed by atoms with Gasteiger partial charge in [-0.15, -0.1) is 0 Å². The van der Waals surface area contributed by atoms with Crippen LogP contribution in [0.2, 0.25) is 0 Å². The van der Waals surface area contributed by atoms with E-state index in [9.17, 15) is 9.59 Å². The summed E-state index contributed by atoms with van der Waals surface area (Å²) in [6.07, 6.45) is 4.59. The first-order chi connectivity index (χ1) is 8.69. The van der Waals surface area contributed by atoms with Crippen molar-refractivity contribution in [2.24, 2.45) is 5.92 Å². The van der Waals surface area contributed by atoms with Crippen molar-refractivity contribution >= 4 is 12.3 Å². The van der Waals surface area contributed by atoms with Crippen LogP contribution in [0.15, 0.2) is 42.5 Å². The summed E-state index contributed by atoms with van der Waals surface area (Å²) >= 11 is 0. The highest BCUT2D eigenvalue weighted by Crippen LogP contribution is 2.27. The monoisotopic (exact) mass is 246 g/mol. The largest absolute Gasteiger partial charge is 0.466 e. The van der Waals surface area contributed by atoms with Crippen molar-refractivity contribution in [2.45, 2.75) is 19.3 Å². The fourth-order valence-corrected chi connectivity index (χ4v) is 1.85. The summed E-state index contributed by atoms with van der Waals surface area (Å²) in [5, 5.41) is 0. The summed E-state index contributed by atoms with van der Waals surface area (Å²) in [5.41, 5.74) is 1.09. The third kappa shape index (κ3) is 4.17. The fourth-order valence-electron chi connectivity index (χ4n) is 1.85. The molecule has 0 bridgehead atoms. The maximum absolute atomic E-state index is 11.1. The van der Waals surface area contributed by atoms with Gasteiger partial charge >= 0.3 is 5.97 Å². The first kappa shape index (κ1) is 14.2. The lowest BCUT2D eigenvalue weighted by Gasteiger charge is -2.19. The zero-order chi connectivity index (χ0) is 13.4. The number of allylic oxidation sites excluding steroid dienone is 1. The number of carbonyl (C=O) groups excluding carboxylic acids is 2. The van der Waals surface area contributed by atoms with E-state index in [4.69, 9.17) is 0 Å². The third-order valence-electron chi connectivity index (χ3n) is 2.91. The van der Waals surface area contributed by atoms with Gasteiger partial charge in [0.2, 0.25) is 0 Å². The number of benzene rings is 1. The second-order valence-electron chi connectivity index (χ2n) is 4.20. The van der Waals surface area contributed by atoms with Crippen LogP contribution in [0.1, 0.15) is 24.8 Å². The molecule has 0 unspecified atom stereocenters. The molecule has 0 amide bonds. The van der Waals surface area contributed by atoms with Crippen molar-refractivity contribution in [3.63, 3.8) is 0 Å². The van der Waals surface area contributed by atoms with Crippen LogP contribution in [0.25, 0.3) is 0 Å². The smallest absolute Gasteiger partial charge is 0.330 e. The molecule has 0 spiro atoms.